The Balaban J connectivity index is 2.46. The molecule has 0 atom stereocenters. The second-order valence-electron chi connectivity index (χ2n) is 3.54. The number of benzene rings is 1. The molecule has 0 heterocycles. The summed E-state index contributed by atoms with van der Waals surface area (Å²) in [5.74, 6) is 0. The SMILES string of the molecule is CCCc1cccc(CNCCN)c1. The first kappa shape index (κ1) is 11.2. The lowest BCUT2D eigenvalue weighted by atomic mass is 10.1. The van der Waals surface area contributed by atoms with Crippen molar-refractivity contribution in [3.63, 3.8) is 0 Å². The van der Waals surface area contributed by atoms with Crippen molar-refractivity contribution in [2.45, 2.75) is 26.3 Å². The summed E-state index contributed by atoms with van der Waals surface area (Å²) in [4.78, 5) is 0. The predicted molar refractivity (Wildman–Crippen MR) is 61.2 cm³/mol. The summed E-state index contributed by atoms with van der Waals surface area (Å²) in [5.41, 5.74) is 8.19. The van der Waals surface area contributed by atoms with Gasteiger partial charge in [-0.15, -0.1) is 0 Å². The first-order valence-electron chi connectivity index (χ1n) is 5.35. The van der Waals surface area contributed by atoms with E-state index in [0.29, 0.717) is 6.54 Å². The van der Waals surface area contributed by atoms with Gasteiger partial charge in [-0.25, -0.2) is 0 Å². The van der Waals surface area contributed by atoms with Crippen LogP contribution in [0.25, 0.3) is 0 Å². The standard InChI is InChI=1S/C12H20N2/c1-2-4-11-5-3-6-12(9-11)10-14-8-7-13/h3,5-6,9,14H,2,4,7-8,10,13H2,1H3. The van der Waals surface area contributed by atoms with Crippen LogP contribution in [-0.4, -0.2) is 13.1 Å². The van der Waals surface area contributed by atoms with Crippen LogP contribution in [0.1, 0.15) is 24.5 Å². The Bertz CT molecular complexity index is 258. The maximum absolute atomic E-state index is 5.41. The molecule has 14 heavy (non-hydrogen) atoms. The number of hydrogen-bond acceptors (Lipinski definition) is 2. The third-order valence-corrected chi connectivity index (χ3v) is 2.18. The average molecular weight is 192 g/mol. The van der Waals surface area contributed by atoms with Crippen molar-refractivity contribution in [2.75, 3.05) is 13.1 Å². The quantitative estimate of drug-likeness (QED) is 0.673. The highest BCUT2D eigenvalue weighted by atomic mass is 14.9. The highest BCUT2D eigenvalue weighted by Gasteiger charge is 1.94. The molecule has 1 aromatic carbocycles. The van der Waals surface area contributed by atoms with Crippen LogP contribution in [-0.2, 0) is 13.0 Å². The van der Waals surface area contributed by atoms with E-state index in [9.17, 15) is 0 Å². The molecule has 1 rings (SSSR count). The molecular weight excluding hydrogens is 172 g/mol. The topological polar surface area (TPSA) is 38.0 Å². The molecule has 1 aromatic rings. The number of nitrogens with two attached hydrogens (primary N) is 1. The zero-order valence-electron chi connectivity index (χ0n) is 8.92. The van der Waals surface area contributed by atoms with Gasteiger partial charge in [0.15, 0.2) is 0 Å². The summed E-state index contributed by atoms with van der Waals surface area (Å²) in [6.45, 7) is 4.72. The Hall–Kier alpha value is -0.860. The van der Waals surface area contributed by atoms with Crippen molar-refractivity contribution in [3.8, 4) is 0 Å². The summed E-state index contributed by atoms with van der Waals surface area (Å²) in [6, 6.07) is 8.75. The first-order valence-corrected chi connectivity index (χ1v) is 5.35. The van der Waals surface area contributed by atoms with Gasteiger partial charge in [0.05, 0.1) is 0 Å². The molecule has 0 aliphatic carbocycles. The van der Waals surface area contributed by atoms with E-state index in [0.717, 1.165) is 13.1 Å². The first-order chi connectivity index (χ1) is 6.86. The van der Waals surface area contributed by atoms with Gasteiger partial charge in [0, 0.05) is 19.6 Å². The van der Waals surface area contributed by atoms with Crippen LogP contribution in [0.2, 0.25) is 0 Å². The molecule has 0 radical (unpaired) electrons. The van der Waals surface area contributed by atoms with Crippen molar-refractivity contribution < 1.29 is 0 Å². The van der Waals surface area contributed by atoms with Gasteiger partial charge >= 0.3 is 0 Å². The van der Waals surface area contributed by atoms with E-state index >= 15 is 0 Å². The highest BCUT2D eigenvalue weighted by Crippen LogP contribution is 2.07. The molecule has 78 valence electrons. The fourth-order valence-electron chi connectivity index (χ4n) is 1.52. The van der Waals surface area contributed by atoms with E-state index in [2.05, 4.69) is 36.5 Å². The second kappa shape index (κ2) is 6.57. The number of aryl methyl sites for hydroxylation is 1. The lowest BCUT2D eigenvalue weighted by Gasteiger charge is -2.05. The van der Waals surface area contributed by atoms with Crippen LogP contribution >= 0.6 is 0 Å². The zero-order valence-corrected chi connectivity index (χ0v) is 8.92. The van der Waals surface area contributed by atoms with Gasteiger partial charge in [0.2, 0.25) is 0 Å². The molecule has 0 spiro atoms. The summed E-state index contributed by atoms with van der Waals surface area (Å²) in [5, 5.41) is 3.30. The number of nitrogens with one attached hydrogen (secondary N) is 1. The Kier molecular flexibility index (Phi) is 5.27. The summed E-state index contributed by atoms with van der Waals surface area (Å²) in [7, 11) is 0. The van der Waals surface area contributed by atoms with Crippen molar-refractivity contribution in [1.82, 2.24) is 5.32 Å². The lowest BCUT2D eigenvalue weighted by molar-refractivity contribution is 0.694. The molecule has 0 aliphatic heterocycles. The maximum Gasteiger partial charge on any atom is 0.0206 e. The largest absolute Gasteiger partial charge is 0.329 e. The molecular formula is C12H20N2. The van der Waals surface area contributed by atoms with E-state index < -0.39 is 0 Å². The number of hydrogen-bond donors (Lipinski definition) is 2. The Morgan fingerprint density at radius 2 is 2.07 bits per heavy atom. The Morgan fingerprint density at radius 1 is 1.29 bits per heavy atom. The van der Waals surface area contributed by atoms with Gasteiger partial charge in [-0.05, 0) is 17.5 Å². The third kappa shape index (κ3) is 3.90. The van der Waals surface area contributed by atoms with Crippen molar-refractivity contribution in [3.05, 3.63) is 35.4 Å². The summed E-state index contributed by atoms with van der Waals surface area (Å²) in [6.07, 6.45) is 2.38. The van der Waals surface area contributed by atoms with E-state index in [1.807, 2.05) is 0 Å². The smallest absolute Gasteiger partial charge is 0.0206 e. The molecule has 0 bridgehead atoms. The molecule has 0 amide bonds. The van der Waals surface area contributed by atoms with Crippen LogP contribution in [0.3, 0.4) is 0 Å². The minimum Gasteiger partial charge on any atom is -0.329 e. The molecule has 0 aliphatic rings. The van der Waals surface area contributed by atoms with E-state index in [-0.39, 0.29) is 0 Å². The van der Waals surface area contributed by atoms with E-state index in [1.165, 1.54) is 24.0 Å². The fourth-order valence-corrected chi connectivity index (χ4v) is 1.52. The highest BCUT2D eigenvalue weighted by molar-refractivity contribution is 5.23. The summed E-state index contributed by atoms with van der Waals surface area (Å²) < 4.78 is 0. The molecule has 2 nitrogen and oxygen atoms in total. The second-order valence-corrected chi connectivity index (χ2v) is 3.54. The molecule has 0 fully saturated rings. The van der Waals surface area contributed by atoms with Crippen LogP contribution in [0, 0.1) is 0 Å². The van der Waals surface area contributed by atoms with Gasteiger partial charge in [0.1, 0.15) is 0 Å². The van der Waals surface area contributed by atoms with Crippen LogP contribution in [0.5, 0.6) is 0 Å². The van der Waals surface area contributed by atoms with E-state index in [4.69, 9.17) is 5.73 Å². The monoisotopic (exact) mass is 192 g/mol. The lowest BCUT2D eigenvalue weighted by Crippen LogP contribution is -2.21. The van der Waals surface area contributed by atoms with Gasteiger partial charge < -0.3 is 11.1 Å². The van der Waals surface area contributed by atoms with Crippen LogP contribution in [0.4, 0.5) is 0 Å². The molecule has 0 unspecified atom stereocenters. The average Bonchev–Trinajstić information content (AvgIpc) is 2.19. The van der Waals surface area contributed by atoms with Crippen LogP contribution < -0.4 is 11.1 Å². The fraction of sp³-hybridized carbons (Fsp3) is 0.500. The number of rotatable bonds is 6. The minimum atomic E-state index is 0.703. The maximum atomic E-state index is 5.41. The normalized spacial score (nSPS) is 10.4. The Morgan fingerprint density at radius 3 is 2.79 bits per heavy atom. The third-order valence-electron chi connectivity index (χ3n) is 2.18. The van der Waals surface area contributed by atoms with Crippen molar-refractivity contribution in [2.24, 2.45) is 5.73 Å². The molecule has 3 N–H and O–H groups in total. The van der Waals surface area contributed by atoms with E-state index in [1.54, 1.807) is 0 Å². The molecule has 0 saturated carbocycles. The van der Waals surface area contributed by atoms with Gasteiger partial charge in [0.25, 0.3) is 0 Å². The van der Waals surface area contributed by atoms with Gasteiger partial charge in [-0.1, -0.05) is 37.6 Å². The van der Waals surface area contributed by atoms with Crippen molar-refractivity contribution in [1.29, 1.82) is 0 Å². The minimum absolute atomic E-state index is 0.703. The van der Waals surface area contributed by atoms with Gasteiger partial charge in [-0.2, -0.15) is 0 Å². The van der Waals surface area contributed by atoms with Crippen LogP contribution in [0.15, 0.2) is 24.3 Å². The van der Waals surface area contributed by atoms with Crippen molar-refractivity contribution >= 4 is 0 Å². The molecule has 0 saturated heterocycles. The predicted octanol–water partition coefficient (Wildman–Crippen LogP) is 1.69. The molecule has 2 heteroatoms. The molecule has 0 aromatic heterocycles. The zero-order chi connectivity index (χ0) is 10.2. The van der Waals surface area contributed by atoms with Gasteiger partial charge in [-0.3, -0.25) is 0 Å². The summed E-state index contributed by atoms with van der Waals surface area (Å²) >= 11 is 0. The Labute approximate surface area is 86.5 Å².